The summed E-state index contributed by atoms with van der Waals surface area (Å²) in [6, 6.07) is 28.5. The van der Waals surface area contributed by atoms with Crippen LogP contribution in [0.4, 0.5) is 8.78 Å². The summed E-state index contributed by atoms with van der Waals surface area (Å²) in [5.41, 5.74) is 4.18. The lowest BCUT2D eigenvalue weighted by Gasteiger charge is -2.12. The zero-order valence-corrected chi connectivity index (χ0v) is 38.6. The van der Waals surface area contributed by atoms with Crippen LogP contribution in [-0.2, 0) is 0 Å². The third-order valence-electron chi connectivity index (χ3n) is 11.3. The highest BCUT2D eigenvalue weighted by Gasteiger charge is 2.16. The number of hydrogen-bond donors (Lipinski definition) is 0. The van der Waals surface area contributed by atoms with E-state index in [0.717, 1.165) is 36.8 Å². The Bertz CT molecular complexity index is 2120. The number of ether oxygens (including phenoxy) is 4. The molecule has 0 saturated carbocycles. The van der Waals surface area contributed by atoms with E-state index in [9.17, 15) is 18.4 Å². The second-order valence-corrected chi connectivity index (χ2v) is 16.6. The molecule has 0 aliphatic carbocycles. The molecule has 0 aromatic heterocycles. The molecule has 65 heavy (non-hydrogen) atoms. The number of carbonyl (C=O) groups excluding carboxylic acids is 2. The molecule has 344 valence electrons. The lowest BCUT2D eigenvalue weighted by atomic mass is 10.1. The van der Waals surface area contributed by atoms with E-state index in [4.69, 9.17) is 18.9 Å². The maximum Gasteiger partial charge on any atom is 0.343 e. The summed E-state index contributed by atoms with van der Waals surface area (Å²) in [6.45, 7) is 7.16. The quantitative estimate of drug-likeness (QED) is 0.0216. The SMILES string of the molecule is CCCCCCCCCCOc1ccc(/C=C/c2ccc(C(=O)Oc3cccc(OC(=O)c4ccc(/C=C/c5ccc(OCCCCCCCCCC)c(F)c5)cc4)c3C)cc2)cc1F. The molecule has 0 heterocycles. The number of unbranched alkanes of at least 4 members (excludes halogenated alkanes) is 14. The molecule has 0 aliphatic heterocycles. The monoisotopic (exact) mass is 884 g/mol. The Morgan fingerprint density at radius 2 is 0.769 bits per heavy atom. The van der Waals surface area contributed by atoms with Crippen molar-refractivity contribution in [2.24, 2.45) is 0 Å². The molecule has 0 atom stereocenters. The van der Waals surface area contributed by atoms with Crippen molar-refractivity contribution in [2.75, 3.05) is 13.2 Å². The molecular formula is C57H66F2O6. The van der Waals surface area contributed by atoms with Gasteiger partial charge in [0.2, 0.25) is 0 Å². The molecule has 0 fully saturated rings. The Morgan fingerprint density at radius 3 is 1.14 bits per heavy atom. The number of halogens is 2. The van der Waals surface area contributed by atoms with Crippen molar-refractivity contribution in [3.8, 4) is 23.0 Å². The highest BCUT2D eigenvalue weighted by Crippen LogP contribution is 2.29. The van der Waals surface area contributed by atoms with Gasteiger partial charge < -0.3 is 18.9 Å². The summed E-state index contributed by atoms with van der Waals surface area (Å²) < 4.78 is 52.3. The van der Waals surface area contributed by atoms with E-state index in [2.05, 4.69) is 13.8 Å². The first kappa shape index (κ1) is 50.0. The first-order chi connectivity index (χ1) is 31.7. The molecule has 0 unspecified atom stereocenters. The van der Waals surface area contributed by atoms with Crippen LogP contribution in [0.15, 0.2) is 103 Å². The first-order valence-electron chi connectivity index (χ1n) is 23.7. The van der Waals surface area contributed by atoms with Crippen LogP contribution in [0.25, 0.3) is 24.3 Å². The molecule has 0 amide bonds. The number of esters is 2. The molecule has 6 nitrogen and oxygen atoms in total. The molecule has 8 heteroatoms. The average Bonchev–Trinajstić information content (AvgIpc) is 3.31. The number of carbonyl (C=O) groups is 2. The minimum absolute atomic E-state index is 0.259. The van der Waals surface area contributed by atoms with E-state index in [1.54, 1.807) is 97.9 Å². The van der Waals surface area contributed by atoms with Crippen LogP contribution in [0, 0.1) is 18.6 Å². The normalized spacial score (nSPS) is 11.3. The van der Waals surface area contributed by atoms with Crippen LogP contribution < -0.4 is 18.9 Å². The molecular weight excluding hydrogens is 819 g/mol. The fourth-order valence-corrected chi connectivity index (χ4v) is 7.29. The Morgan fingerprint density at radius 1 is 0.431 bits per heavy atom. The Kier molecular flexibility index (Phi) is 21.5. The predicted octanol–water partition coefficient (Wildman–Crippen LogP) is 16.1. The van der Waals surface area contributed by atoms with Gasteiger partial charge >= 0.3 is 11.9 Å². The molecule has 0 radical (unpaired) electrons. The summed E-state index contributed by atoms with van der Waals surface area (Å²) in [5.74, 6) is -0.892. The van der Waals surface area contributed by atoms with E-state index in [1.165, 1.54) is 89.2 Å². The Balaban J connectivity index is 1.05. The van der Waals surface area contributed by atoms with Gasteiger partial charge in [-0.05, 0) is 103 Å². The molecule has 5 aromatic carbocycles. The van der Waals surface area contributed by atoms with Crippen molar-refractivity contribution < 1.29 is 37.3 Å². The maximum absolute atomic E-state index is 14.7. The summed E-state index contributed by atoms with van der Waals surface area (Å²) in [4.78, 5) is 26.3. The van der Waals surface area contributed by atoms with Crippen molar-refractivity contribution in [3.63, 3.8) is 0 Å². The van der Waals surface area contributed by atoms with Gasteiger partial charge in [0.05, 0.1) is 24.3 Å². The molecule has 0 bridgehead atoms. The van der Waals surface area contributed by atoms with Crippen LogP contribution in [0.2, 0.25) is 0 Å². The predicted molar refractivity (Wildman–Crippen MR) is 261 cm³/mol. The van der Waals surface area contributed by atoms with E-state index in [0.29, 0.717) is 41.0 Å². The number of hydrogen-bond acceptors (Lipinski definition) is 6. The summed E-state index contributed by atoms with van der Waals surface area (Å²) in [7, 11) is 0. The van der Waals surface area contributed by atoms with Crippen LogP contribution in [0.1, 0.15) is 165 Å². The zero-order valence-electron chi connectivity index (χ0n) is 38.6. The Hall–Kier alpha value is -6.02. The molecule has 0 N–H and O–H groups in total. The van der Waals surface area contributed by atoms with E-state index in [-0.39, 0.29) is 23.0 Å². The van der Waals surface area contributed by atoms with Gasteiger partial charge in [-0.25, -0.2) is 18.4 Å². The van der Waals surface area contributed by atoms with Gasteiger partial charge in [0.25, 0.3) is 0 Å². The lowest BCUT2D eigenvalue weighted by molar-refractivity contribution is 0.0730. The highest BCUT2D eigenvalue weighted by atomic mass is 19.1. The maximum atomic E-state index is 14.7. The zero-order chi connectivity index (χ0) is 46.1. The molecule has 0 saturated heterocycles. The fourth-order valence-electron chi connectivity index (χ4n) is 7.29. The fraction of sp³-hybridized carbons (Fsp3) is 0.368. The van der Waals surface area contributed by atoms with Gasteiger partial charge in [0, 0.05) is 5.56 Å². The smallest absolute Gasteiger partial charge is 0.343 e. The second kappa shape index (κ2) is 28.0. The summed E-state index contributed by atoms with van der Waals surface area (Å²) in [5, 5.41) is 0. The van der Waals surface area contributed by atoms with Gasteiger partial charge in [-0.3, -0.25) is 0 Å². The first-order valence-corrected chi connectivity index (χ1v) is 23.7. The standard InChI is InChI=1S/C57H66F2O6/c1-4-6-8-10-12-14-16-18-39-62-54-37-31-46(41-50(54)58)25-23-44-27-33-48(34-28-44)56(60)64-52-21-20-22-53(43(52)3)65-57(61)49-35-29-45(30-36-49)24-26-47-32-38-55(51(59)42-47)63-40-19-17-15-13-11-9-7-5-2/h20-38,41-42H,4-19,39-40H2,1-3H3/b25-23+,26-24+. The molecule has 0 aliphatic rings. The van der Waals surface area contributed by atoms with Crippen LogP contribution >= 0.6 is 0 Å². The van der Waals surface area contributed by atoms with Gasteiger partial charge in [-0.2, -0.15) is 0 Å². The summed E-state index contributed by atoms with van der Waals surface area (Å²) >= 11 is 0. The molecule has 0 spiro atoms. The van der Waals surface area contributed by atoms with Crippen molar-refractivity contribution in [2.45, 2.75) is 124 Å². The minimum atomic E-state index is -0.568. The van der Waals surface area contributed by atoms with E-state index >= 15 is 0 Å². The topological polar surface area (TPSA) is 71.1 Å². The van der Waals surface area contributed by atoms with Crippen LogP contribution in [0.3, 0.4) is 0 Å². The van der Waals surface area contributed by atoms with E-state index < -0.39 is 23.6 Å². The van der Waals surface area contributed by atoms with Crippen molar-refractivity contribution in [1.82, 2.24) is 0 Å². The molecule has 5 aromatic rings. The number of rotatable bonds is 28. The highest BCUT2D eigenvalue weighted by molar-refractivity contribution is 5.93. The third-order valence-corrected chi connectivity index (χ3v) is 11.3. The average molecular weight is 885 g/mol. The van der Waals surface area contributed by atoms with Crippen molar-refractivity contribution in [3.05, 3.63) is 154 Å². The van der Waals surface area contributed by atoms with Crippen LogP contribution in [-0.4, -0.2) is 25.2 Å². The largest absolute Gasteiger partial charge is 0.491 e. The van der Waals surface area contributed by atoms with E-state index in [1.807, 2.05) is 24.3 Å². The van der Waals surface area contributed by atoms with Crippen molar-refractivity contribution >= 4 is 36.2 Å². The number of benzene rings is 5. The van der Waals surface area contributed by atoms with Gasteiger partial charge in [0.15, 0.2) is 23.1 Å². The van der Waals surface area contributed by atoms with Crippen molar-refractivity contribution in [1.29, 1.82) is 0 Å². The minimum Gasteiger partial charge on any atom is -0.491 e. The summed E-state index contributed by atoms with van der Waals surface area (Å²) in [6.07, 6.45) is 26.4. The second-order valence-electron chi connectivity index (χ2n) is 16.6. The van der Waals surface area contributed by atoms with Gasteiger partial charge in [-0.15, -0.1) is 0 Å². The third kappa shape index (κ3) is 17.5. The van der Waals surface area contributed by atoms with Gasteiger partial charge in [-0.1, -0.05) is 171 Å². The molecule has 5 rings (SSSR count). The van der Waals surface area contributed by atoms with Crippen LogP contribution in [0.5, 0.6) is 23.0 Å². The Labute approximate surface area is 385 Å². The van der Waals surface area contributed by atoms with Gasteiger partial charge in [0.1, 0.15) is 11.5 Å². The lowest BCUT2D eigenvalue weighted by Crippen LogP contribution is -2.12.